The second-order valence-corrected chi connectivity index (χ2v) is 5.99. The first-order chi connectivity index (χ1) is 13.2. The smallest absolute Gasteiger partial charge is 0.338 e. The molecule has 1 aliphatic rings. The molecule has 3 aromatic rings. The Morgan fingerprint density at radius 1 is 1.22 bits per heavy atom. The van der Waals surface area contributed by atoms with Crippen LogP contribution in [0.4, 0.5) is 10.3 Å². The van der Waals surface area contributed by atoms with Crippen LogP contribution in [0, 0.1) is 5.82 Å². The molecule has 6 nitrogen and oxygen atoms in total. The van der Waals surface area contributed by atoms with E-state index >= 15 is 0 Å². The van der Waals surface area contributed by atoms with E-state index in [2.05, 4.69) is 15.4 Å². The van der Waals surface area contributed by atoms with Crippen molar-refractivity contribution in [2.75, 3.05) is 11.9 Å². The van der Waals surface area contributed by atoms with Crippen molar-refractivity contribution in [3.05, 3.63) is 83.4 Å². The van der Waals surface area contributed by atoms with Crippen LogP contribution in [0.1, 0.15) is 24.1 Å². The molecule has 1 unspecified atom stereocenters. The van der Waals surface area contributed by atoms with Crippen molar-refractivity contribution in [3.8, 4) is 0 Å². The lowest BCUT2D eigenvalue weighted by molar-refractivity contribution is -0.138. The van der Waals surface area contributed by atoms with Crippen LogP contribution in [0.3, 0.4) is 0 Å². The normalized spacial score (nSPS) is 15.9. The van der Waals surface area contributed by atoms with Crippen LogP contribution >= 0.6 is 0 Å². The molecule has 0 amide bonds. The van der Waals surface area contributed by atoms with Gasteiger partial charge in [0, 0.05) is 0 Å². The predicted octanol–water partition coefficient (Wildman–Crippen LogP) is 3.41. The van der Waals surface area contributed by atoms with Crippen LogP contribution in [0.15, 0.2) is 66.5 Å². The number of rotatable bonds is 4. The zero-order chi connectivity index (χ0) is 18.8. The molecule has 0 saturated carbocycles. The molecule has 1 N–H and O–H groups in total. The van der Waals surface area contributed by atoms with Gasteiger partial charge in [0.15, 0.2) is 0 Å². The van der Waals surface area contributed by atoms with Crippen LogP contribution < -0.4 is 5.32 Å². The molecule has 7 heteroatoms. The van der Waals surface area contributed by atoms with Gasteiger partial charge in [-0.15, -0.1) is 0 Å². The van der Waals surface area contributed by atoms with E-state index in [0.29, 0.717) is 22.8 Å². The van der Waals surface area contributed by atoms with Crippen molar-refractivity contribution in [2.45, 2.75) is 13.0 Å². The molecule has 2 aromatic carbocycles. The Kier molecular flexibility index (Phi) is 4.42. The maximum absolute atomic E-state index is 13.9. The lowest BCUT2D eigenvalue weighted by Gasteiger charge is -2.29. The van der Waals surface area contributed by atoms with E-state index in [4.69, 9.17) is 4.74 Å². The van der Waals surface area contributed by atoms with Crippen LogP contribution in [-0.2, 0) is 9.53 Å². The van der Waals surface area contributed by atoms with E-state index in [9.17, 15) is 9.18 Å². The number of nitrogens with zero attached hydrogens (tertiary/aromatic N) is 3. The van der Waals surface area contributed by atoms with Crippen LogP contribution in [0.5, 0.6) is 0 Å². The van der Waals surface area contributed by atoms with E-state index in [1.807, 2.05) is 30.3 Å². The van der Waals surface area contributed by atoms with Gasteiger partial charge in [-0.3, -0.25) is 0 Å². The van der Waals surface area contributed by atoms with Gasteiger partial charge < -0.3 is 10.1 Å². The molecule has 0 saturated heterocycles. The maximum Gasteiger partial charge on any atom is 0.338 e. The molecule has 27 heavy (non-hydrogen) atoms. The zero-order valence-electron chi connectivity index (χ0n) is 14.6. The molecule has 1 atom stereocenters. The number of ether oxygens (including phenoxy) is 1. The number of nitrogens with one attached hydrogen (secondary N) is 1. The van der Waals surface area contributed by atoms with Crippen molar-refractivity contribution in [2.24, 2.45) is 0 Å². The van der Waals surface area contributed by atoms with Gasteiger partial charge >= 0.3 is 5.97 Å². The van der Waals surface area contributed by atoms with Crippen molar-refractivity contribution in [3.63, 3.8) is 0 Å². The Hall–Kier alpha value is -3.48. The first kappa shape index (κ1) is 17.0. The number of esters is 1. The van der Waals surface area contributed by atoms with E-state index in [0.717, 1.165) is 5.56 Å². The number of fused-ring (bicyclic) bond motifs is 1. The molecule has 0 bridgehead atoms. The Bertz CT molecular complexity index is 1010. The molecule has 0 spiro atoms. The van der Waals surface area contributed by atoms with Crippen LogP contribution in [0.2, 0.25) is 0 Å². The number of benzene rings is 2. The molecule has 2 heterocycles. The SMILES string of the molecule is CCOC(=O)C1=C(c2ccccc2)Nc2ncnn2C1c1cccc(F)c1. The minimum absolute atomic E-state index is 0.227. The van der Waals surface area contributed by atoms with Gasteiger partial charge in [-0.25, -0.2) is 13.9 Å². The minimum atomic E-state index is -0.659. The second kappa shape index (κ2) is 7.03. The summed E-state index contributed by atoms with van der Waals surface area (Å²) >= 11 is 0. The number of anilines is 1. The summed E-state index contributed by atoms with van der Waals surface area (Å²) in [6, 6.07) is 14.9. The number of carbonyl (C=O) groups excluding carboxylic acids is 1. The number of hydrogen-bond donors (Lipinski definition) is 1. The standard InChI is InChI=1S/C20H17FN4O2/c1-2-27-19(26)16-17(13-7-4-3-5-8-13)24-20-22-12-23-25(20)18(16)14-9-6-10-15(21)11-14/h3-12,18H,2H2,1H3,(H,22,23,24). The Labute approximate surface area is 155 Å². The van der Waals surface area contributed by atoms with Gasteiger partial charge in [-0.2, -0.15) is 10.1 Å². The highest BCUT2D eigenvalue weighted by molar-refractivity contribution is 6.02. The summed E-state index contributed by atoms with van der Waals surface area (Å²) in [6.45, 7) is 1.97. The summed E-state index contributed by atoms with van der Waals surface area (Å²) in [5.74, 6) is -0.410. The summed E-state index contributed by atoms with van der Waals surface area (Å²) in [6.07, 6.45) is 1.39. The third-order valence-corrected chi connectivity index (χ3v) is 4.32. The monoisotopic (exact) mass is 364 g/mol. The number of halogens is 1. The molecule has 0 radical (unpaired) electrons. The summed E-state index contributed by atoms with van der Waals surface area (Å²) in [4.78, 5) is 17.1. The predicted molar refractivity (Wildman–Crippen MR) is 98.2 cm³/mol. The van der Waals surface area contributed by atoms with E-state index in [1.54, 1.807) is 23.7 Å². The van der Waals surface area contributed by atoms with Gasteiger partial charge in [-0.1, -0.05) is 42.5 Å². The Morgan fingerprint density at radius 3 is 2.78 bits per heavy atom. The number of aromatic nitrogens is 3. The van der Waals surface area contributed by atoms with Crippen molar-refractivity contribution in [1.29, 1.82) is 0 Å². The van der Waals surface area contributed by atoms with Crippen LogP contribution in [-0.4, -0.2) is 27.3 Å². The lowest BCUT2D eigenvalue weighted by atomic mass is 9.93. The highest BCUT2D eigenvalue weighted by atomic mass is 19.1. The van der Waals surface area contributed by atoms with Gasteiger partial charge in [0.05, 0.1) is 17.9 Å². The second-order valence-electron chi connectivity index (χ2n) is 5.99. The maximum atomic E-state index is 13.9. The van der Waals surface area contributed by atoms with E-state index in [-0.39, 0.29) is 6.61 Å². The molecule has 136 valence electrons. The molecular formula is C20H17FN4O2. The van der Waals surface area contributed by atoms with Crippen molar-refractivity contribution < 1.29 is 13.9 Å². The quantitative estimate of drug-likeness (QED) is 0.719. The molecule has 4 rings (SSSR count). The molecule has 1 aromatic heterocycles. The summed E-state index contributed by atoms with van der Waals surface area (Å²) in [5.41, 5.74) is 2.31. The molecule has 0 aliphatic carbocycles. The molecular weight excluding hydrogens is 347 g/mol. The van der Waals surface area contributed by atoms with Crippen molar-refractivity contribution >= 4 is 17.6 Å². The topological polar surface area (TPSA) is 69.0 Å². The number of carbonyl (C=O) groups is 1. The van der Waals surface area contributed by atoms with Crippen LogP contribution in [0.25, 0.3) is 5.70 Å². The minimum Gasteiger partial charge on any atom is -0.463 e. The number of hydrogen-bond acceptors (Lipinski definition) is 5. The largest absolute Gasteiger partial charge is 0.463 e. The first-order valence-electron chi connectivity index (χ1n) is 8.57. The Balaban J connectivity index is 1.97. The summed E-state index contributed by atoms with van der Waals surface area (Å²) in [5, 5.41) is 7.42. The lowest BCUT2D eigenvalue weighted by Crippen LogP contribution is -2.30. The summed E-state index contributed by atoms with van der Waals surface area (Å²) < 4.78 is 20.8. The zero-order valence-corrected chi connectivity index (χ0v) is 14.6. The van der Waals surface area contributed by atoms with Gasteiger partial charge in [-0.05, 0) is 30.2 Å². The fourth-order valence-corrected chi connectivity index (χ4v) is 3.21. The molecule has 0 fully saturated rings. The van der Waals surface area contributed by atoms with E-state index in [1.165, 1.54) is 18.5 Å². The molecule has 1 aliphatic heterocycles. The fourth-order valence-electron chi connectivity index (χ4n) is 3.21. The van der Waals surface area contributed by atoms with Gasteiger partial charge in [0.1, 0.15) is 18.2 Å². The average Bonchev–Trinajstić information content (AvgIpc) is 3.15. The van der Waals surface area contributed by atoms with E-state index < -0.39 is 17.8 Å². The van der Waals surface area contributed by atoms with Gasteiger partial charge in [0.2, 0.25) is 5.95 Å². The van der Waals surface area contributed by atoms with Gasteiger partial charge in [0.25, 0.3) is 0 Å². The summed E-state index contributed by atoms with van der Waals surface area (Å²) in [7, 11) is 0. The third kappa shape index (κ3) is 3.08. The highest BCUT2D eigenvalue weighted by Crippen LogP contribution is 2.38. The third-order valence-electron chi connectivity index (χ3n) is 4.32. The average molecular weight is 364 g/mol. The first-order valence-corrected chi connectivity index (χ1v) is 8.57. The van der Waals surface area contributed by atoms with Crippen molar-refractivity contribution in [1.82, 2.24) is 14.8 Å². The highest BCUT2D eigenvalue weighted by Gasteiger charge is 2.36. The Morgan fingerprint density at radius 2 is 2.04 bits per heavy atom. The fraction of sp³-hybridized carbons (Fsp3) is 0.150.